The number of hydrogen-bond acceptors (Lipinski definition) is 4. The summed E-state index contributed by atoms with van der Waals surface area (Å²) in [7, 11) is -4.64. The maximum atomic E-state index is 11.8. The van der Waals surface area contributed by atoms with Crippen LogP contribution in [0.3, 0.4) is 0 Å². The van der Waals surface area contributed by atoms with E-state index >= 15 is 0 Å². The topological polar surface area (TPSA) is 112 Å². The number of aliphatic carboxylic acids is 1. The summed E-state index contributed by atoms with van der Waals surface area (Å²) in [5.41, 5.74) is 0. The maximum absolute atomic E-state index is 11.8. The van der Waals surface area contributed by atoms with Crippen molar-refractivity contribution in [1.82, 2.24) is 4.31 Å². The molecule has 2 N–H and O–H groups in total. The van der Waals surface area contributed by atoms with E-state index in [9.17, 15) is 18.0 Å². The highest BCUT2D eigenvalue weighted by Gasteiger charge is 2.24. The van der Waals surface area contributed by atoms with E-state index in [-0.39, 0.29) is 6.54 Å². The third-order valence-electron chi connectivity index (χ3n) is 5.32. The molecule has 0 aromatic rings. The van der Waals surface area contributed by atoms with Crippen molar-refractivity contribution >= 4 is 22.2 Å². The highest BCUT2D eigenvalue weighted by molar-refractivity contribution is 7.84. The number of amides is 1. The molecule has 0 aliphatic heterocycles. The van der Waals surface area contributed by atoms with Gasteiger partial charge in [0, 0.05) is 13.0 Å². The van der Waals surface area contributed by atoms with E-state index in [1.165, 1.54) is 70.6 Å². The average molecular weight is 450 g/mol. The Kier molecular flexibility index (Phi) is 17.9. The van der Waals surface area contributed by atoms with Crippen LogP contribution in [0.4, 0.5) is 0 Å². The van der Waals surface area contributed by atoms with Crippen molar-refractivity contribution in [2.45, 2.75) is 122 Å². The lowest BCUT2D eigenvalue weighted by Crippen LogP contribution is -2.37. The van der Waals surface area contributed by atoms with Gasteiger partial charge in [-0.2, -0.15) is 8.42 Å². The predicted octanol–water partition coefficient (Wildman–Crippen LogP) is 5.74. The van der Waals surface area contributed by atoms with E-state index in [1.807, 2.05) is 0 Å². The maximum Gasteiger partial charge on any atom is 0.362 e. The zero-order valence-corrected chi connectivity index (χ0v) is 19.6. The Morgan fingerprint density at radius 2 is 1.03 bits per heavy atom. The summed E-state index contributed by atoms with van der Waals surface area (Å²) in [5.74, 6) is -2.05. The summed E-state index contributed by atoms with van der Waals surface area (Å²) in [6.07, 6.45) is 18.2. The molecule has 7 nitrogen and oxygen atoms in total. The number of carboxylic acids is 1. The van der Waals surface area contributed by atoms with Gasteiger partial charge in [0.05, 0.1) is 6.42 Å². The lowest BCUT2D eigenvalue weighted by Gasteiger charge is -2.18. The fourth-order valence-corrected chi connectivity index (χ4v) is 4.22. The van der Waals surface area contributed by atoms with Crippen molar-refractivity contribution in [3.8, 4) is 0 Å². The van der Waals surface area contributed by atoms with Gasteiger partial charge >= 0.3 is 16.3 Å². The van der Waals surface area contributed by atoms with Gasteiger partial charge in [-0.25, -0.2) is 4.31 Å². The Bertz CT molecular complexity index is 550. The molecule has 0 saturated carbocycles. The zero-order chi connectivity index (χ0) is 22.7. The lowest BCUT2D eigenvalue weighted by atomic mass is 10.0. The van der Waals surface area contributed by atoms with Gasteiger partial charge < -0.3 is 5.11 Å². The van der Waals surface area contributed by atoms with Crippen LogP contribution in [0.1, 0.15) is 122 Å². The van der Waals surface area contributed by atoms with Crippen molar-refractivity contribution in [3.05, 3.63) is 0 Å². The molecule has 30 heavy (non-hydrogen) atoms. The van der Waals surface area contributed by atoms with Gasteiger partial charge in [0.1, 0.15) is 0 Å². The number of unbranched alkanes of at least 4 members (excludes halogenated alkanes) is 15. The van der Waals surface area contributed by atoms with Gasteiger partial charge in [-0.15, -0.1) is 0 Å². The molecule has 0 spiro atoms. The smallest absolute Gasteiger partial charge is 0.362 e. The predicted molar refractivity (Wildman–Crippen MR) is 120 cm³/mol. The summed E-state index contributed by atoms with van der Waals surface area (Å²) in [5, 5.41) is 8.59. The Morgan fingerprint density at radius 1 is 0.667 bits per heavy atom. The molecule has 0 aromatic heterocycles. The third kappa shape index (κ3) is 17.7. The summed E-state index contributed by atoms with van der Waals surface area (Å²) < 4.78 is 32.2. The molecule has 0 atom stereocenters. The molecular weight excluding hydrogens is 406 g/mol. The number of rotatable bonds is 21. The minimum atomic E-state index is -4.64. The number of nitrogens with zero attached hydrogens (tertiary/aromatic N) is 1. The first kappa shape index (κ1) is 28.9. The largest absolute Gasteiger partial charge is 0.481 e. The second-order valence-corrected chi connectivity index (χ2v) is 9.48. The molecule has 1 amide bonds. The van der Waals surface area contributed by atoms with Crippen LogP contribution >= 0.6 is 0 Å². The van der Waals surface area contributed by atoms with Crippen LogP contribution in [-0.2, 0) is 19.9 Å². The second kappa shape index (κ2) is 18.6. The minimum absolute atomic E-state index is 0.101. The van der Waals surface area contributed by atoms with Gasteiger partial charge in [0.15, 0.2) is 0 Å². The molecule has 0 radical (unpaired) electrons. The monoisotopic (exact) mass is 449 g/mol. The SMILES string of the molecule is CCCCCCCCCCCCCCCCCCN(C(=O)CCC(=O)O)S(=O)(=O)O. The molecule has 0 fully saturated rings. The third-order valence-corrected chi connectivity index (χ3v) is 6.27. The van der Waals surface area contributed by atoms with Gasteiger partial charge in [-0.05, 0) is 6.42 Å². The molecule has 0 rings (SSSR count). The first-order chi connectivity index (χ1) is 14.3. The zero-order valence-electron chi connectivity index (χ0n) is 18.8. The Balaban J connectivity index is 3.62. The van der Waals surface area contributed by atoms with Crippen molar-refractivity contribution in [1.29, 1.82) is 0 Å². The van der Waals surface area contributed by atoms with E-state index in [0.717, 1.165) is 25.7 Å². The molecular formula is C22H43NO6S. The second-order valence-electron chi connectivity index (χ2n) is 8.14. The summed E-state index contributed by atoms with van der Waals surface area (Å²) in [6.45, 7) is 2.14. The Morgan fingerprint density at radius 3 is 1.37 bits per heavy atom. The Hall–Kier alpha value is -1.15. The molecule has 0 aromatic carbocycles. The molecule has 0 unspecified atom stereocenters. The molecule has 0 saturated heterocycles. The van der Waals surface area contributed by atoms with E-state index in [0.29, 0.717) is 10.7 Å². The fraction of sp³-hybridized carbons (Fsp3) is 0.909. The lowest BCUT2D eigenvalue weighted by molar-refractivity contribution is -0.139. The van der Waals surface area contributed by atoms with E-state index in [2.05, 4.69) is 6.92 Å². The van der Waals surface area contributed by atoms with Crippen LogP contribution in [0.2, 0.25) is 0 Å². The average Bonchev–Trinajstić information content (AvgIpc) is 2.67. The van der Waals surface area contributed by atoms with Crippen molar-refractivity contribution in [3.63, 3.8) is 0 Å². The van der Waals surface area contributed by atoms with Crippen LogP contribution < -0.4 is 0 Å². The molecule has 0 aliphatic carbocycles. The highest BCUT2D eigenvalue weighted by atomic mass is 32.2. The van der Waals surface area contributed by atoms with Crippen molar-refractivity contribution < 1.29 is 27.7 Å². The summed E-state index contributed by atoms with van der Waals surface area (Å²) in [4.78, 5) is 22.3. The van der Waals surface area contributed by atoms with Crippen LogP contribution in [-0.4, -0.2) is 40.8 Å². The standard InChI is InChI=1S/C22H43NO6S/c1-2-3-4-5-6-7-8-9-10-11-12-13-14-15-16-17-20-23(30(27,28)29)21(24)18-19-22(25)26/h2-20H2,1H3,(H,25,26)(H,27,28,29). The van der Waals surface area contributed by atoms with Crippen molar-refractivity contribution in [2.24, 2.45) is 0 Å². The molecule has 0 aliphatic rings. The van der Waals surface area contributed by atoms with E-state index < -0.39 is 35.0 Å². The number of carbonyl (C=O) groups excluding carboxylic acids is 1. The number of carbonyl (C=O) groups is 2. The molecule has 0 heterocycles. The highest BCUT2D eigenvalue weighted by Crippen LogP contribution is 2.14. The van der Waals surface area contributed by atoms with Crippen LogP contribution in [0, 0.1) is 0 Å². The van der Waals surface area contributed by atoms with Crippen LogP contribution in [0.15, 0.2) is 0 Å². The minimum Gasteiger partial charge on any atom is -0.481 e. The summed E-state index contributed by atoms with van der Waals surface area (Å²) >= 11 is 0. The first-order valence-electron chi connectivity index (χ1n) is 11.8. The summed E-state index contributed by atoms with van der Waals surface area (Å²) in [6, 6.07) is 0. The van der Waals surface area contributed by atoms with E-state index in [4.69, 9.17) is 9.66 Å². The quantitative estimate of drug-likeness (QED) is 0.171. The van der Waals surface area contributed by atoms with Crippen molar-refractivity contribution in [2.75, 3.05) is 6.54 Å². The van der Waals surface area contributed by atoms with Gasteiger partial charge in [0.2, 0.25) is 5.91 Å². The fourth-order valence-electron chi connectivity index (χ4n) is 3.51. The molecule has 178 valence electrons. The number of hydrogen-bond donors (Lipinski definition) is 2. The van der Waals surface area contributed by atoms with E-state index in [1.54, 1.807) is 0 Å². The Labute approximate surface area is 183 Å². The molecule has 0 bridgehead atoms. The normalized spacial score (nSPS) is 11.5. The first-order valence-corrected chi connectivity index (χ1v) is 13.2. The number of carboxylic acid groups (broad SMARTS) is 1. The van der Waals surface area contributed by atoms with Gasteiger partial charge in [-0.1, -0.05) is 103 Å². The molecule has 8 heteroatoms. The van der Waals surface area contributed by atoms with Gasteiger partial charge in [-0.3, -0.25) is 14.1 Å². The van der Waals surface area contributed by atoms with Gasteiger partial charge in [0.25, 0.3) is 0 Å². The van der Waals surface area contributed by atoms with Crippen LogP contribution in [0.5, 0.6) is 0 Å². The van der Waals surface area contributed by atoms with Crippen LogP contribution in [0.25, 0.3) is 0 Å².